The Kier molecular flexibility index (Phi) is 3.81. The standard InChI is InChI=1S/C22H24N4O3/c1-13-9-24-17(10-23-13)22(27)26-11-16(15-2-3-18-19(8-15)29-12-28-18)21-20(26)14-4-6-25(21)7-5-14/h2-3,8-10,14,16,20-21H,4-7,11-12H2,1H3/t16-,20+,21+/m1/s1. The van der Waals surface area contributed by atoms with Gasteiger partial charge in [-0.3, -0.25) is 14.7 Å². The quantitative estimate of drug-likeness (QED) is 0.781. The number of hydrogen-bond acceptors (Lipinski definition) is 6. The second-order valence-corrected chi connectivity index (χ2v) is 8.57. The lowest BCUT2D eigenvalue weighted by Crippen LogP contribution is -2.60. The van der Waals surface area contributed by atoms with Crippen LogP contribution in [0.15, 0.2) is 30.6 Å². The minimum Gasteiger partial charge on any atom is -0.454 e. The molecule has 5 aliphatic heterocycles. The van der Waals surface area contributed by atoms with Crippen molar-refractivity contribution in [2.24, 2.45) is 5.92 Å². The van der Waals surface area contributed by atoms with Gasteiger partial charge in [0.1, 0.15) is 5.69 Å². The summed E-state index contributed by atoms with van der Waals surface area (Å²) in [7, 11) is 0. The van der Waals surface area contributed by atoms with Crippen molar-refractivity contribution in [3.63, 3.8) is 0 Å². The lowest BCUT2D eigenvalue weighted by molar-refractivity contribution is -0.00360. The molecule has 7 rings (SSSR count). The zero-order valence-corrected chi connectivity index (χ0v) is 16.5. The van der Waals surface area contributed by atoms with Gasteiger partial charge in [-0.05, 0) is 56.5 Å². The fourth-order valence-corrected chi connectivity index (χ4v) is 5.74. The van der Waals surface area contributed by atoms with Crippen LogP contribution in [0.3, 0.4) is 0 Å². The molecule has 6 heterocycles. The summed E-state index contributed by atoms with van der Waals surface area (Å²) >= 11 is 0. The summed E-state index contributed by atoms with van der Waals surface area (Å²) in [5.41, 5.74) is 2.49. The average Bonchev–Trinajstić information content (AvgIpc) is 3.40. The van der Waals surface area contributed by atoms with E-state index in [1.807, 2.05) is 13.0 Å². The number of piperidine rings is 3. The summed E-state index contributed by atoms with van der Waals surface area (Å²) in [4.78, 5) is 26.7. The number of carbonyl (C=O) groups is 1. The Morgan fingerprint density at radius 1 is 1.07 bits per heavy atom. The third-order valence-electron chi connectivity index (χ3n) is 7.08. The van der Waals surface area contributed by atoms with E-state index in [4.69, 9.17) is 9.47 Å². The Bertz CT molecular complexity index is 955. The minimum atomic E-state index is 0.00416. The predicted molar refractivity (Wildman–Crippen MR) is 105 cm³/mol. The molecule has 0 aliphatic carbocycles. The maximum absolute atomic E-state index is 13.4. The molecule has 0 unspecified atom stereocenters. The van der Waals surface area contributed by atoms with Crippen LogP contribution >= 0.6 is 0 Å². The first-order valence-corrected chi connectivity index (χ1v) is 10.4. The summed E-state index contributed by atoms with van der Waals surface area (Å²) in [6.07, 6.45) is 5.62. The van der Waals surface area contributed by atoms with Crippen molar-refractivity contribution < 1.29 is 14.3 Å². The van der Waals surface area contributed by atoms with E-state index in [2.05, 4.69) is 31.9 Å². The number of benzene rings is 1. The number of rotatable bonds is 2. The van der Waals surface area contributed by atoms with Gasteiger partial charge in [0, 0.05) is 24.7 Å². The number of amides is 1. The van der Waals surface area contributed by atoms with Crippen LogP contribution in [0.25, 0.3) is 0 Å². The Labute approximate surface area is 169 Å². The Balaban J connectivity index is 1.37. The van der Waals surface area contributed by atoms with Gasteiger partial charge in [-0.15, -0.1) is 0 Å². The van der Waals surface area contributed by atoms with E-state index in [1.54, 1.807) is 12.4 Å². The molecule has 1 aromatic carbocycles. The average molecular weight is 392 g/mol. The van der Waals surface area contributed by atoms with Crippen LogP contribution in [0, 0.1) is 12.8 Å². The molecular weight excluding hydrogens is 368 g/mol. The van der Waals surface area contributed by atoms with Crippen molar-refractivity contribution in [2.75, 3.05) is 26.4 Å². The molecule has 4 saturated heterocycles. The topological polar surface area (TPSA) is 67.8 Å². The van der Waals surface area contributed by atoms with Crippen LogP contribution in [0.4, 0.5) is 0 Å². The monoisotopic (exact) mass is 392 g/mol. The molecule has 1 aromatic heterocycles. The zero-order chi connectivity index (χ0) is 19.5. The van der Waals surface area contributed by atoms with E-state index < -0.39 is 0 Å². The number of likely N-dealkylation sites (tertiary alicyclic amines) is 1. The van der Waals surface area contributed by atoms with Crippen molar-refractivity contribution in [2.45, 2.75) is 37.8 Å². The second kappa shape index (κ2) is 6.42. The summed E-state index contributed by atoms with van der Waals surface area (Å²) in [5, 5.41) is 0. The molecule has 150 valence electrons. The van der Waals surface area contributed by atoms with Gasteiger partial charge >= 0.3 is 0 Å². The fraction of sp³-hybridized carbons (Fsp3) is 0.500. The highest BCUT2D eigenvalue weighted by Crippen LogP contribution is 2.48. The van der Waals surface area contributed by atoms with Gasteiger partial charge in [-0.1, -0.05) is 6.07 Å². The number of aromatic nitrogens is 2. The predicted octanol–water partition coefficient (Wildman–Crippen LogP) is 2.22. The number of hydrogen-bond donors (Lipinski definition) is 0. The molecular formula is C22H24N4O3. The van der Waals surface area contributed by atoms with Crippen LogP contribution in [-0.2, 0) is 0 Å². The molecule has 7 heteroatoms. The van der Waals surface area contributed by atoms with Gasteiger partial charge in [0.05, 0.1) is 17.9 Å². The van der Waals surface area contributed by atoms with Gasteiger partial charge in [-0.2, -0.15) is 0 Å². The first-order chi connectivity index (χ1) is 14.2. The number of carbonyl (C=O) groups excluding carboxylic acids is 1. The van der Waals surface area contributed by atoms with Crippen molar-refractivity contribution in [1.29, 1.82) is 0 Å². The molecule has 29 heavy (non-hydrogen) atoms. The molecule has 0 spiro atoms. The molecule has 0 N–H and O–H groups in total. The number of aryl methyl sites for hydroxylation is 1. The molecule has 7 nitrogen and oxygen atoms in total. The van der Waals surface area contributed by atoms with Crippen molar-refractivity contribution >= 4 is 5.91 Å². The number of nitrogens with zero attached hydrogens (tertiary/aromatic N) is 4. The normalized spacial score (nSPS) is 31.8. The third kappa shape index (κ3) is 2.64. The highest BCUT2D eigenvalue weighted by Gasteiger charge is 2.55. The highest BCUT2D eigenvalue weighted by molar-refractivity contribution is 5.92. The van der Waals surface area contributed by atoms with Crippen molar-refractivity contribution in [3.05, 3.63) is 47.5 Å². The maximum atomic E-state index is 13.4. The van der Waals surface area contributed by atoms with Crippen LogP contribution < -0.4 is 9.47 Å². The van der Waals surface area contributed by atoms with Gasteiger partial charge in [0.25, 0.3) is 5.91 Å². The summed E-state index contributed by atoms with van der Waals surface area (Å²) < 4.78 is 11.1. The molecule has 0 radical (unpaired) electrons. The molecule has 1 amide bonds. The Morgan fingerprint density at radius 3 is 2.69 bits per heavy atom. The Hall–Kier alpha value is -2.67. The molecule has 3 atom stereocenters. The van der Waals surface area contributed by atoms with Gasteiger partial charge in [0.2, 0.25) is 6.79 Å². The van der Waals surface area contributed by atoms with Crippen LogP contribution in [0.5, 0.6) is 11.5 Å². The molecule has 2 aromatic rings. The number of ether oxygens (including phenoxy) is 2. The van der Waals surface area contributed by atoms with Gasteiger partial charge in [0.15, 0.2) is 11.5 Å². The SMILES string of the molecule is Cc1cnc(C(=O)N2C[C@H](c3ccc4c(c3)OCO4)[C@H]3[C@@H]2C2CCN3CC2)cn1. The largest absolute Gasteiger partial charge is 0.454 e. The van der Waals surface area contributed by atoms with Crippen LogP contribution in [0.1, 0.15) is 40.5 Å². The van der Waals surface area contributed by atoms with E-state index in [1.165, 1.54) is 18.4 Å². The van der Waals surface area contributed by atoms with E-state index in [0.29, 0.717) is 24.2 Å². The van der Waals surface area contributed by atoms with Gasteiger partial charge < -0.3 is 14.4 Å². The highest BCUT2D eigenvalue weighted by atomic mass is 16.7. The van der Waals surface area contributed by atoms with E-state index in [-0.39, 0.29) is 24.7 Å². The first-order valence-electron chi connectivity index (χ1n) is 10.4. The molecule has 2 bridgehead atoms. The first kappa shape index (κ1) is 17.2. The second-order valence-electron chi connectivity index (χ2n) is 8.57. The van der Waals surface area contributed by atoms with Crippen molar-refractivity contribution in [3.8, 4) is 11.5 Å². The van der Waals surface area contributed by atoms with Crippen LogP contribution in [-0.4, -0.2) is 64.2 Å². The van der Waals surface area contributed by atoms with E-state index in [0.717, 1.165) is 30.3 Å². The lowest BCUT2D eigenvalue weighted by atomic mass is 9.75. The Morgan fingerprint density at radius 2 is 1.90 bits per heavy atom. The summed E-state index contributed by atoms with van der Waals surface area (Å²) in [6, 6.07) is 6.83. The molecule has 0 saturated carbocycles. The summed E-state index contributed by atoms with van der Waals surface area (Å²) in [6.45, 7) is 5.12. The maximum Gasteiger partial charge on any atom is 0.274 e. The zero-order valence-electron chi connectivity index (χ0n) is 16.5. The van der Waals surface area contributed by atoms with E-state index in [9.17, 15) is 4.79 Å². The lowest BCUT2D eigenvalue weighted by Gasteiger charge is -2.51. The fourth-order valence-electron chi connectivity index (χ4n) is 5.74. The summed E-state index contributed by atoms with van der Waals surface area (Å²) in [5.74, 6) is 2.44. The third-order valence-corrected chi connectivity index (χ3v) is 7.08. The van der Waals surface area contributed by atoms with Crippen molar-refractivity contribution in [1.82, 2.24) is 19.8 Å². The van der Waals surface area contributed by atoms with Crippen LogP contribution in [0.2, 0.25) is 0 Å². The minimum absolute atomic E-state index is 0.00416. The number of fused-ring (bicyclic) bond motifs is 3. The molecule has 4 fully saturated rings. The molecule has 5 aliphatic rings. The van der Waals surface area contributed by atoms with Gasteiger partial charge in [-0.25, -0.2) is 4.98 Å². The smallest absolute Gasteiger partial charge is 0.274 e. The van der Waals surface area contributed by atoms with E-state index >= 15 is 0 Å².